The first-order chi connectivity index (χ1) is 14.3. The summed E-state index contributed by atoms with van der Waals surface area (Å²) in [5, 5.41) is 3.11. The molecule has 0 bridgehead atoms. The molecule has 0 aliphatic carbocycles. The number of rotatable bonds is 13. The van der Waals surface area contributed by atoms with Crippen LogP contribution in [0.1, 0.15) is 98.8 Å². The van der Waals surface area contributed by atoms with Gasteiger partial charge in [0.2, 0.25) is 5.91 Å². The summed E-state index contributed by atoms with van der Waals surface area (Å²) in [5.74, 6) is 0.0470. The molecule has 1 aliphatic rings. The zero-order valence-corrected chi connectivity index (χ0v) is 20.3. The average Bonchev–Trinajstić information content (AvgIpc) is 2.69. The van der Waals surface area contributed by atoms with Crippen LogP contribution in [0.3, 0.4) is 0 Å². The Morgan fingerprint density at radius 2 is 1.50 bits per heavy atom. The molecule has 30 heavy (non-hydrogen) atoms. The molecule has 1 rings (SSSR count). The van der Waals surface area contributed by atoms with Gasteiger partial charge < -0.3 is 15.0 Å². The van der Waals surface area contributed by atoms with E-state index in [0.717, 1.165) is 32.4 Å². The molecule has 1 N–H and O–H groups in total. The minimum absolute atomic E-state index is 0.0470. The van der Waals surface area contributed by atoms with Gasteiger partial charge in [-0.3, -0.25) is 9.69 Å². The predicted octanol–water partition coefficient (Wildman–Crippen LogP) is 4.96. The van der Waals surface area contributed by atoms with Gasteiger partial charge in [0.25, 0.3) is 0 Å². The third kappa shape index (κ3) is 11.2. The fraction of sp³-hybridized carbons (Fsp3) is 0.917. The molecule has 1 aliphatic heterocycles. The molecule has 2 amide bonds. The van der Waals surface area contributed by atoms with Crippen LogP contribution in [0.15, 0.2) is 0 Å². The van der Waals surface area contributed by atoms with Gasteiger partial charge in [0, 0.05) is 26.2 Å². The van der Waals surface area contributed by atoms with Gasteiger partial charge in [-0.25, -0.2) is 4.79 Å². The normalized spacial score (nSPS) is 17.8. The number of nitrogens with zero attached hydrogens (tertiary/aromatic N) is 2. The lowest BCUT2D eigenvalue weighted by Crippen LogP contribution is -2.60. The van der Waals surface area contributed by atoms with Gasteiger partial charge >= 0.3 is 6.09 Å². The largest absolute Gasteiger partial charge is 0.444 e. The number of carbonyl (C=O) groups excluding carboxylic acids is 2. The van der Waals surface area contributed by atoms with Crippen LogP contribution in [-0.2, 0) is 9.53 Å². The number of hydrogen-bond acceptors (Lipinski definition) is 4. The topological polar surface area (TPSA) is 61.9 Å². The van der Waals surface area contributed by atoms with E-state index in [1.165, 1.54) is 44.9 Å². The van der Waals surface area contributed by atoms with Gasteiger partial charge in [-0.15, -0.1) is 0 Å². The minimum Gasteiger partial charge on any atom is -0.444 e. The van der Waals surface area contributed by atoms with Crippen molar-refractivity contribution in [2.24, 2.45) is 0 Å². The molecule has 0 radical (unpaired) electrons. The molecule has 1 fully saturated rings. The first kappa shape index (κ1) is 26.7. The highest BCUT2D eigenvalue weighted by Gasteiger charge is 2.35. The first-order valence-corrected chi connectivity index (χ1v) is 12.3. The Bertz CT molecular complexity index is 491. The van der Waals surface area contributed by atoms with Gasteiger partial charge in [0.15, 0.2) is 0 Å². The molecule has 1 heterocycles. The summed E-state index contributed by atoms with van der Waals surface area (Å²) >= 11 is 0. The minimum atomic E-state index is -0.524. The second-order valence-electron chi connectivity index (χ2n) is 9.60. The van der Waals surface area contributed by atoms with Crippen LogP contribution in [0.2, 0.25) is 0 Å². The van der Waals surface area contributed by atoms with Crippen molar-refractivity contribution in [3.8, 4) is 0 Å². The summed E-state index contributed by atoms with van der Waals surface area (Å²) in [4.78, 5) is 29.4. The summed E-state index contributed by atoms with van der Waals surface area (Å²) in [7, 11) is 0. The monoisotopic (exact) mass is 425 g/mol. The molecule has 6 nitrogen and oxygen atoms in total. The smallest absolute Gasteiger partial charge is 0.410 e. The molecule has 0 aromatic carbocycles. The van der Waals surface area contributed by atoms with Gasteiger partial charge in [-0.1, -0.05) is 65.2 Å². The SMILES string of the molecule is CCCCCCCCN1CCN(C(=O)OC(C)(C)C)CC1C(=O)NCCCCCC. The van der Waals surface area contributed by atoms with Crippen molar-refractivity contribution in [2.45, 2.75) is 110 Å². The van der Waals surface area contributed by atoms with Crippen LogP contribution in [0, 0.1) is 0 Å². The first-order valence-electron chi connectivity index (χ1n) is 12.3. The molecule has 0 aromatic rings. The molecule has 6 heteroatoms. The Hall–Kier alpha value is -1.30. The Kier molecular flexibility index (Phi) is 13.1. The Balaban J connectivity index is 2.60. The Morgan fingerprint density at radius 3 is 2.13 bits per heavy atom. The molecule has 0 saturated carbocycles. The second kappa shape index (κ2) is 14.7. The molecule has 0 aromatic heterocycles. The van der Waals surface area contributed by atoms with Crippen molar-refractivity contribution in [1.82, 2.24) is 15.1 Å². The summed E-state index contributed by atoms with van der Waals surface area (Å²) in [6.07, 6.45) is 11.7. The third-order valence-corrected chi connectivity index (χ3v) is 5.57. The molecular formula is C24H47N3O3. The third-order valence-electron chi connectivity index (χ3n) is 5.57. The average molecular weight is 426 g/mol. The predicted molar refractivity (Wildman–Crippen MR) is 124 cm³/mol. The van der Waals surface area contributed by atoms with Crippen molar-refractivity contribution in [2.75, 3.05) is 32.7 Å². The van der Waals surface area contributed by atoms with Crippen molar-refractivity contribution in [3.05, 3.63) is 0 Å². The van der Waals surface area contributed by atoms with E-state index in [1.54, 1.807) is 4.90 Å². The standard InChI is InChI=1S/C24H47N3O3/c1-6-8-10-12-13-15-17-26-18-19-27(23(29)30-24(3,4)5)20-21(26)22(28)25-16-14-11-9-7-2/h21H,6-20H2,1-5H3,(H,25,28). The maximum atomic E-state index is 12.9. The van der Waals surface area contributed by atoms with Gasteiger partial charge in [0.1, 0.15) is 11.6 Å². The number of hydrogen-bond donors (Lipinski definition) is 1. The fourth-order valence-corrected chi connectivity index (χ4v) is 3.81. The number of ether oxygens (including phenoxy) is 1. The Labute approximate surface area is 185 Å². The van der Waals surface area contributed by atoms with Gasteiger partial charge in [-0.05, 0) is 40.2 Å². The van der Waals surface area contributed by atoms with Crippen molar-refractivity contribution in [1.29, 1.82) is 0 Å². The van der Waals surface area contributed by atoms with E-state index in [1.807, 2.05) is 20.8 Å². The van der Waals surface area contributed by atoms with E-state index in [0.29, 0.717) is 19.6 Å². The van der Waals surface area contributed by atoms with Crippen molar-refractivity contribution >= 4 is 12.0 Å². The fourth-order valence-electron chi connectivity index (χ4n) is 3.81. The van der Waals surface area contributed by atoms with Crippen LogP contribution < -0.4 is 5.32 Å². The number of amides is 2. The highest BCUT2D eigenvalue weighted by atomic mass is 16.6. The lowest BCUT2D eigenvalue weighted by Gasteiger charge is -2.40. The maximum absolute atomic E-state index is 12.9. The van der Waals surface area contributed by atoms with Crippen molar-refractivity contribution in [3.63, 3.8) is 0 Å². The zero-order valence-electron chi connectivity index (χ0n) is 20.3. The summed E-state index contributed by atoms with van der Waals surface area (Å²) in [6.45, 7) is 13.4. The maximum Gasteiger partial charge on any atom is 0.410 e. The molecule has 0 spiro atoms. The molecule has 1 saturated heterocycles. The molecule has 176 valence electrons. The van der Waals surface area contributed by atoms with E-state index in [4.69, 9.17) is 4.74 Å². The molecule has 1 unspecified atom stereocenters. The van der Waals surface area contributed by atoms with E-state index < -0.39 is 5.60 Å². The molecule has 1 atom stereocenters. The summed E-state index contributed by atoms with van der Waals surface area (Å²) < 4.78 is 5.54. The summed E-state index contributed by atoms with van der Waals surface area (Å²) in [6, 6.07) is -0.284. The highest BCUT2D eigenvalue weighted by Crippen LogP contribution is 2.17. The van der Waals surface area contributed by atoms with Crippen LogP contribution in [0.25, 0.3) is 0 Å². The lowest BCUT2D eigenvalue weighted by molar-refractivity contribution is -0.128. The lowest BCUT2D eigenvalue weighted by atomic mass is 10.1. The Morgan fingerprint density at radius 1 is 0.900 bits per heavy atom. The van der Waals surface area contributed by atoms with Crippen LogP contribution >= 0.6 is 0 Å². The van der Waals surface area contributed by atoms with Gasteiger partial charge in [0.05, 0.1) is 0 Å². The highest BCUT2D eigenvalue weighted by molar-refractivity contribution is 5.83. The zero-order chi connectivity index (χ0) is 22.4. The van der Waals surface area contributed by atoms with Gasteiger partial charge in [-0.2, -0.15) is 0 Å². The second-order valence-corrected chi connectivity index (χ2v) is 9.60. The van der Waals surface area contributed by atoms with Crippen LogP contribution in [-0.4, -0.2) is 66.2 Å². The summed E-state index contributed by atoms with van der Waals surface area (Å²) in [5.41, 5.74) is -0.524. The number of piperazine rings is 1. The van der Waals surface area contributed by atoms with E-state index in [-0.39, 0.29) is 18.0 Å². The van der Waals surface area contributed by atoms with E-state index in [9.17, 15) is 9.59 Å². The van der Waals surface area contributed by atoms with E-state index >= 15 is 0 Å². The van der Waals surface area contributed by atoms with E-state index in [2.05, 4.69) is 24.1 Å². The van der Waals surface area contributed by atoms with Crippen LogP contribution in [0.4, 0.5) is 4.79 Å². The quantitative estimate of drug-likeness (QED) is 0.423. The molecular weight excluding hydrogens is 378 g/mol. The number of carbonyl (C=O) groups is 2. The number of unbranched alkanes of at least 4 members (excludes halogenated alkanes) is 8. The number of nitrogens with one attached hydrogen (secondary N) is 1. The van der Waals surface area contributed by atoms with Crippen molar-refractivity contribution < 1.29 is 14.3 Å². The van der Waals surface area contributed by atoms with Crippen LogP contribution in [0.5, 0.6) is 0 Å².